The molecule has 6 heteroatoms. The molecule has 1 N–H and O–H groups in total. The van der Waals surface area contributed by atoms with E-state index in [2.05, 4.69) is 15.3 Å². The fraction of sp³-hybridized carbons (Fsp3) is 0.214. The summed E-state index contributed by atoms with van der Waals surface area (Å²) in [6.45, 7) is 2.67. The zero-order chi connectivity index (χ0) is 14.5. The maximum atomic E-state index is 12.3. The van der Waals surface area contributed by atoms with E-state index in [1.165, 1.54) is 11.1 Å². The molecule has 0 aliphatic heterocycles. The summed E-state index contributed by atoms with van der Waals surface area (Å²) in [5, 5.41) is 3.45. The van der Waals surface area contributed by atoms with Crippen LogP contribution < -0.4 is 10.2 Å². The Hall–Kier alpha value is -2.14. The van der Waals surface area contributed by atoms with Gasteiger partial charge in [-0.25, -0.2) is 4.98 Å². The number of nitrogens with one attached hydrogen (secondary N) is 1. The lowest BCUT2D eigenvalue weighted by atomic mass is 10.2. The summed E-state index contributed by atoms with van der Waals surface area (Å²) < 4.78 is 0. The van der Waals surface area contributed by atoms with Gasteiger partial charge in [-0.1, -0.05) is 11.6 Å². The summed E-state index contributed by atoms with van der Waals surface area (Å²) >= 11 is 6.09. The number of aromatic nitrogens is 2. The quantitative estimate of drug-likeness (QED) is 0.941. The Balaban J connectivity index is 2.23. The zero-order valence-corrected chi connectivity index (χ0v) is 12.1. The van der Waals surface area contributed by atoms with Crippen molar-refractivity contribution in [1.82, 2.24) is 9.97 Å². The Labute approximate surface area is 122 Å². The van der Waals surface area contributed by atoms with Crippen LogP contribution in [0.1, 0.15) is 17.3 Å². The van der Waals surface area contributed by atoms with Crippen molar-refractivity contribution in [2.24, 2.45) is 0 Å². The monoisotopic (exact) mass is 290 g/mol. The first kappa shape index (κ1) is 14.3. The number of nitrogens with zero attached hydrogens (tertiary/aromatic N) is 3. The molecule has 0 spiro atoms. The number of carbonyl (C=O) groups is 1. The summed E-state index contributed by atoms with van der Waals surface area (Å²) in [6, 6.07) is 5.20. The zero-order valence-electron chi connectivity index (χ0n) is 11.3. The third-order valence-electron chi connectivity index (χ3n) is 2.77. The molecule has 104 valence electrons. The Bertz CT molecular complexity index is 603. The van der Waals surface area contributed by atoms with Gasteiger partial charge in [-0.3, -0.25) is 9.78 Å². The van der Waals surface area contributed by atoms with Gasteiger partial charge in [-0.15, -0.1) is 0 Å². The molecule has 2 aromatic heterocycles. The van der Waals surface area contributed by atoms with Gasteiger partial charge in [0.15, 0.2) is 0 Å². The average Bonchev–Trinajstić information content (AvgIpc) is 2.49. The standard InChI is InChI=1S/C14H15ClN4O/c1-3-17-13-12(15)7-10(8-18-13)14(20)19(2)11-5-4-6-16-9-11/h4-9H,3H2,1-2H3,(H,17,18). The molecular formula is C14H15ClN4O. The lowest BCUT2D eigenvalue weighted by Crippen LogP contribution is -2.26. The molecule has 20 heavy (non-hydrogen) atoms. The second kappa shape index (κ2) is 6.34. The smallest absolute Gasteiger partial charge is 0.259 e. The van der Waals surface area contributed by atoms with Gasteiger partial charge in [-0.2, -0.15) is 0 Å². The minimum Gasteiger partial charge on any atom is -0.369 e. The molecule has 0 unspecified atom stereocenters. The lowest BCUT2D eigenvalue weighted by Gasteiger charge is -2.17. The first-order chi connectivity index (χ1) is 9.63. The third-order valence-corrected chi connectivity index (χ3v) is 3.06. The van der Waals surface area contributed by atoms with E-state index in [9.17, 15) is 4.79 Å². The van der Waals surface area contributed by atoms with Crippen LogP contribution in [0.5, 0.6) is 0 Å². The van der Waals surface area contributed by atoms with Gasteiger partial charge in [0.1, 0.15) is 5.82 Å². The van der Waals surface area contributed by atoms with Crippen molar-refractivity contribution < 1.29 is 4.79 Å². The molecule has 0 aliphatic carbocycles. The predicted octanol–water partition coefficient (Wildman–Crippen LogP) is 2.84. The molecule has 0 saturated heterocycles. The molecule has 0 radical (unpaired) electrons. The molecule has 2 rings (SSSR count). The summed E-state index contributed by atoms with van der Waals surface area (Å²) in [5.74, 6) is 0.394. The van der Waals surface area contributed by atoms with Crippen LogP contribution in [-0.4, -0.2) is 29.5 Å². The molecule has 0 aliphatic rings. The maximum Gasteiger partial charge on any atom is 0.259 e. The molecule has 0 atom stereocenters. The number of halogens is 1. The number of pyridine rings is 2. The van der Waals surface area contributed by atoms with Crippen LogP contribution in [0, 0.1) is 0 Å². The van der Waals surface area contributed by atoms with Gasteiger partial charge in [0.05, 0.1) is 22.5 Å². The second-order valence-electron chi connectivity index (χ2n) is 4.16. The second-order valence-corrected chi connectivity index (χ2v) is 4.57. The molecular weight excluding hydrogens is 276 g/mol. The Morgan fingerprint density at radius 1 is 1.45 bits per heavy atom. The lowest BCUT2D eigenvalue weighted by molar-refractivity contribution is 0.0992. The largest absolute Gasteiger partial charge is 0.369 e. The molecule has 0 fully saturated rings. The van der Waals surface area contributed by atoms with Crippen molar-refractivity contribution in [3.05, 3.63) is 47.4 Å². The van der Waals surface area contributed by atoms with Crippen molar-refractivity contribution in [2.45, 2.75) is 6.92 Å². The minimum atomic E-state index is -0.185. The Kier molecular flexibility index (Phi) is 4.53. The van der Waals surface area contributed by atoms with E-state index in [0.29, 0.717) is 22.1 Å². The Morgan fingerprint density at radius 2 is 2.25 bits per heavy atom. The SMILES string of the molecule is CCNc1ncc(C(=O)N(C)c2cccnc2)cc1Cl. The molecule has 2 aromatic rings. The van der Waals surface area contributed by atoms with Crippen LogP contribution in [0.2, 0.25) is 5.02 Å². The van der Waals surface area contributed by atoms with Crippen molar-refractivity contribution in [1.29, 1.82) is 0 Å². The van der Waals surface area contributed by atoms with Gasteiger partial charge in [0.2, 0.25) is 0 Å². The van der Waals surface area contributed by atoms with E-state index in [-0.39, 0.29) is 5.91 Å². The molecule has 0 aromatic carbocycles. The van der Waals surface area contributed by atoms with Crippen LogP contribution >= 0.6 is 11.6 Å². The summed E-state index contributed by atoms with van der Waals surface area (Å²) in [6.07, 6.45) is 4.80. The van der Waals surface area contributed by atoms with Crippen LogP contribution in [0.25, 0.3) is 0 Å². The maximum absolute atomic E-state index is 12.3. The van der Waals surface area contributed by atoms with E-state index in [0.717, 1.165) is 6.54 Å². The highest BCUT2D eigenvalue weighted by Gasteiger charge is 2.15. The number of rotatable bonds is 4. The van der Waals surface area contributed by atoms with Crippen molar-refractivity contribution in [2.75, 3.05) is 23.8 Å². The molecule has 1 amide bonds. The average molecular weight is 291 g/mol. The number of hydrogen-bond acceptors (Lipinski definition) is 4. The highest BCUT2D eigenvalue weighted by molar-refractivity contribution is 6.33. The van der Waals surface area contributed by atoms with Crippen LogP contribution in [0.15, 0.2) is 36.8 Å². The van der Waals surface area contributed by atoms with Gasteiger partial charge >= 0.3 is 0 Å². The Morgan fingerprint density at radius 3 is 2.85 bits per heavy atom. The predicted molar refractivity (Wildman–Crippen MR) is 80.4 cm³/mol. The summed E-state index contributed by atoms with van der Waals surface area (Å²) in [7, 11) is 1.69. The molecule has 2 heterocycles. The van der Waals surface area contributed by atoms with E-state index in [1.54, 1.807) is 31.6 Å². The fourth-order valence-corrected chi connectivity index (χ4v) is 1.95. The van der Waals surface area contributed by atoms with Gasteiger partial charge in [0.25, 0.3) is 5.91 Å². The molecule has 0 bridgehead atoms. The topological polar surface area (TPSA) is 58.1 Å². The normalized spacial score (nSPS) is 10.2. The van der Waals surface area contributed by atoms with Crippen LogP contribution in [-0.2, 0) is 0 Å². The van der Waals surface area contributed by atoms with Crippen LogP contribution in [0.4, 0.5) is 11.5 Å². The van der Waals surface area contributed by atoms with Gasteiger partial charge in [-0.05, 0) is 25.1 Å². The van der Waals surface area contributed by atoms with Crippen molar-refractivity contribution in [3.8, 4) is 0 Å². The van der Waals surface area contributed by atoms with E-state index >= 15 is 0 Å². The van der Waals surface area contributed by atoms with Crippen molar-refractivity contribution in [3.63, 3.8) is 0 Å². The van der Waals surface area contributed by atoms with Crippen LogP contribution in [0.3, 0.4) is 0 Å². The molecule has 5 nitrogen and oxygen atoms in total. The van der Waals surface area contributed by atoms with E-state index in [1.807, 2.05) is 13.0 Å². The number of anilines is 2. The fourth-order valence-electron chi connectivity index (χ4n) is 1.72. The number of carbonyl (C=O) groups excluding carboxylic acids is 1. The van der Waals surface area contributed by atoms with Gasteiger partial charge in [0, 0.05) is 26.0 Å². The first-order valence-corrected chi connectivity index (χ1v) is 6.58. The molecule has 0 saturated carbocycles. The van der Waals surface area contributed by atoms with Crippen molar-refractivity contribution >= 4 is 29.0 Å². The number of hydrogen-bond donors (Lipinski definition) is 1. The number of amides is 1. The summed E-state index contributed by atoms with van der Waals surface area (Å²) in [4.78, 5) is 22.0. The highest BCUT2D eigenvalue weighted by Crippen LogP contribution is 2.21. The summed E-state index contributed by atoms with van der Waals surface area (Å²) in [5.41, 5.74) is 1.15. The first-order valence-electron chi connectivity index (χ1n) is 6.21. The van der Waals surface area contributed by atoms with Gasteiger partial charge < -0.3 is 10.2 Å². The van der Waals surface area contributed by atoms with E-state index in [4.69, 9.17) is 11.6 Å². The van der Waals surface area contributed by atoms with E-state index < -0.39 is 0 Å². The third kappa shape index (κ3) is 3.05. The highest BCUT2D eigenvalue weighted by atomic mass is 35.5. The minimum absolute atomic E-state index is 0.185.